The van der Waals surface area contributed by atoms with Crippen LogP contribution in [-0.4, -0.2) is 17.4 Å². The molecule has 2 rings (SSSR count). The van der Waals surface area contributed by atoms with Gasteiger partial charge in [0, 0.05) is 10.6 Å². The van der Waals surface area contributed by atoms with E-state index in [4.69, 9.17) is 16.7 Å². The lowest BCUT2D eigenvalue weighted by atomic mass is 9.97. The molecule has 3 nitrogen and oxygen atoms in total. The molecule has 1 N–H and O–H groups in total. The van der Waals surface area contributed by atoms with Crippen LogP contribution in [-0.2, 0) is 11.2 Å². The molecule has 0 bridgehead atoms. The molecule has 22 heavy (non-hydrogen) atoms. The van der Waals surface area contributed by atoms with Crippen LogP contribution < -0.4 is 4.74 Å². The minimum atomic E-state index is -4.76. The van der Waals surface area contributed by atoms with Gasteiger partial charge in [0.05, 0.1) is 6.42 Å². The second kappa shape index (κ2) is 6.27. The van der Waals surface area contributed by atoms with Gasteiger partial charge in [-0.2, -0.15) is 0 Å². The summed E-state index contributed by atoms with van der Waals surface area (Å²) in [5, 5.41) is 9.24. The third-order valence-corrected chi connectivity index (χ3v) is 3.13. The van der Waals surface area contributed by atoms with Gasteiger partial charge in [-0.15, -0.1) is 13.2 Å². The Morgan fingerprint density at radius 1 is 1.14 bits per heavy atom. The molecule has 7 heteroatoms. The number of halogens is 4. The van der Waals surface area contributed by atoms with E-state index in [1.807, 2.05) is 0 Å². The van der Waals surface area contributed by atoms with Crippen molar-refractivity contribution in [2.75, 3.05) is 0 Å². The fraction of sp³-hybridized carbons (Fsp3) is 0.133. The lowest BCUT2D eigenvalue weighted by molar-refractivity contribution is -0.274. The van der Waals surface area contributed by atoms with Gasteiger partial charge in [0.15, 0.2) is 0 Å². The van der Waals surface area contributed by atoms with Gasteiger partial charge in [-0.3, -0.25) is 4.79 Å². The maximum atomic E-state index is 12.1. The highest BCUT2D eigenvalue weighted by Crippen LogP contribution is 2.33. The summed E-state index contributed by atoms with van der Waals surface area (Å²) in [6.45, 7) is 0. The highest BCUT2D eigenvalue weighted by Gasteiger charge is 2.31. The van der Waals surface area contributed by atoms with Crippen molar-refractivity contribution >= 4 is 17.6 Å². The zero-order valence-electron chi connectivity index (χ0n) is 11.0. The average molecular weight is 331 g/mol. The van der Waals surface area contributed by atoms with Gasteiger partial charge in [0.25, 0.3) is 0 Å². The number of alkyl halides is 3. The van der Waals surface area contributed by atoms with E-state index < -0.39 is 12.3 Å². The van der Waals surface area contributed by atoms with Crippen LogP contribution in [0.1, 0.15) is 5.56 Å². The summed E-state index contributed by atoms with van der Waals surface area (Å²) in [4.78, 5) is 10.9. The summed E-state index contributed by atoms with van der Waals surface area (Å²) in [6, 6.07) is 9.90. The van der Waals surface area contributed by atoms with Crippen LogP contribution in [0.15, 0.2) is 42.5 Å². The molecular formula is C15H10ClF3O3. The molecule has 0 spiro atoms. The molecule has 116 valence electrons. The van der Waals surface area contributed by atoms with E-state index in [1.54, 1.807) is 18.2 Å². The molecular weight excluding hydrogens is 321 g/mol. The topological polar surface area (TPSA) is 46.5 Å². The van der Waals surface area contributed by atoms with Gasteiger partial charge in [-0.1, -0.05) is 35.9 Å². The van der Waals surface area contributed by atoms with Crippen LogP contribution in [0.5, 0.6) is 5.75 Å². The Kier molecular flexibility index (Phi) is 4.61. The number of rotatable bonds is 4. The third-order valence-electron chi connectivity index (χ3n) is 2.82. The Morgan fingerprint density at radius 2 is 1.77 bits per heavy atom. The van der Waals surface area contributed by atoms with Crippen LogP contribution in [0.25, 0.3) is 11.1 Å². The van der Waals surface area contributed by atoms with Crippen LogP contribution in [0, 0.1) is 0 Å². The van der Waals surface area contributed by atoms with Crippen LogP contribution in [0.3, 0.4) is 0 Å². The first-order valence-corrected chi connectivity index (χ1v) is 6.49. The smallest absolute Gasteiger partial charge is 0.481 e. The first-order valence-electron chi connectivity index (χ1n) is 6.11. The lowest BCUT2D eigenvalue weighted by Crippen LogP contribution is -2.16. The second-order valence-electron chi connectivity index (χ2n) is 4.42. The number of carbonyl (C=O) groups is 1. The summed E-state index contributed by atoms with van der Waals surface area (Å²) in [5.41, 5.74) is 1.46. The molecule has 0 aliphatic carbocycles. The Morgan fingerprint density at radius 3 is 2.32 bits per heavy atom. The van der Waals surface area contributed by atoms with Crippen molar-refractivity contribution in [2.45, 2.75) is 12.8 Å². The van der Waals surface area contributed by atoms with E-state index >= 15 is 0 Å². The van der Waals surface area contributed by atoms with Crippen molar-refractivity contribution in [2.24, 2.45) is 0 Å². The Balaban J connectivity index is 2.38. The van der Waals surface area contributed by atoms with Gasteiger partial charge in [-0.25, -0.2) is 0 Å². The SMILES string of the molecule is O=C(O)Cc1cccc(Cl)c1-c1ccc(OC(F)(F)F)cc1. The minimum absolute atomic E-state index is 0.239. The summed E-state index contributed by atoms with van der Waals surface area (Å²) in [5.74, 6) is -1.39. The molecule has 0 unspecified atom stereocenters. The van der Waals surface area contributed by atoms with Gasteiger partial charge in [0.1, 0.15) is 5.75 Å². The van der Waals surface area contributed by atoms with Crippen molar-refractivity contribution < 1.29 is 27.8 Å². The van der Waals surface area contributed by atoms with Crippen molar-refractivity contribution in [1.29, 1.82) is 0 Å². The van der Waals surface area contributed by atoms with E-state index in [0.29, 0.717) is 21.7 Å². The molecule has 0 saturated heterocycles. The van der Waals surface area contributed by atoms with Gasteiger partial charge in [0.2, 0.25) is 0 Å². The summed E-state index contributed by atoms with van der Waals surface area (Å²) >= 11 is 6.09. The monoisotopic (exact) mass is 330 g/mol. The van der Waals surface area contributed by atoms with Crippen LogP contribution in [0.2, 0.25) is 5.02 Å². The highest BCUT2D eigenvalue weighted by atomic mass is 35.5. The summed E-state index contributed by atoms with van der Waals surface area (Å²) < 4.78 is 40.2. The lowest BCUT2D eigenvalue weighted by Gasteiger charge is -2.12. The van der Waals surface area contributed by atoms with E-state index in [1.165, 1.54) is 12.1 Å². The normalized spacial score (nSPS) is 11.3. The van der Waals surface area contributed by atoms with Crippen molar-refractivity contribution in [3.63, 3.8) is 0 Å². The number of carboxylic acids is 1. The standard InChI is InChI=1S/C15H10ClF3O3/c16-12-3-1-2-10(8-13(20)21)14(12)9-4-6-11(7-5-9)22-15(17,18)19/h1-7H,8H2,(H,20,21). The third kappa shape index (κ3) is 4.14. The zero-order valence-corrected chi connectivity index (χ0v) is 11.8. The molecule has 0 aliphatic heterocycles. The molecule has 0 amide bonds. The number of aliphatic carboxylic acids is 1. The van der Waals surface area contributed by atoms with Crippen LogP contribution >= 0.6 is 11.6 Å². The maximum absolute atomic E-state index is 12.1. The fourth-order valence-corrected chi connectivity index (χ4v) is 2.33. The summed E-state index contributed by atoms with van der Waals surface area (Å²) in [6.07, 6.45) is -5.00. The molecule has 0 heterocycles. The number of benzene rings is 2. The van der Waals surface area contributed by atoms with E-state index in [0.717, 1.165) is 12.1 Å². The van der Waals surface area contributed by atoms with E-state index in [2.05, 4.69) is 4.74 Å². The first-order chi connectivity index (χ1) is 10.3. The number of hydrogen-bond donors (Lipinski definition) is 1. The fourth-order valence-electron chi connectivity index (χ4n) is 2.03. The quantitative estimate of drug-likeness (QED) is 0.895. The molecule has 0 radical (unpaired) electrons. The number of ether oxygens (including phenoxy) is 1. The van der Waals surface area contributed by atoms with Gasteiger partial charge in [-0.05, 0) is 29.3 Å². The maximum Gasteiger partial charge on any atom is 0.573 e. The molecule has 0 aliphatic rings. The van der Waals surface area contributed by atoms with Gasteiger partial charge >= 0.3 is 12.3 Å². The highest BCUT2D eigenvalue weighted by molar-refractivity contribution is 6.33. The molecule has 2 aromatic carbocycles. The Labute approximate surface area is 128 Å². The Bertz CT molecular complexity index is 681. The van der Waals surface area contributed by atoms with Gasteiger partial charge < -0.3 is 9.84 Å². The number of hydrogen-bond acceptors (Lipinski definition) is 2. The molecule has 0 saturated carbocycles. The minimum Gasteiger partial charge on any atom is -0.481 e. The average Bonchev–Trinajstić information content (AvgIpc) is 2.38. The predicted molar refractivity (Wildman–Crippen MR) is 74.9 cm³/mol. The largest absolute Gasteiger partial charge is 0.573 e. The van der Waals surface area contributed by atoms with Crippen molar-refractivity contribution in [3.8, 4) is 16.9 Å². The second-order valence-corrected chi connectivity index (χ2v) is 4.82. The predicted octanol–water partition coefficient (Wildman–Crippen LogP) is 4.53. The Hall–Kier alpha value is -2.21. The van der Waals surface area contributed by atoms with Crippen molar-refractivity contribution in [1.82, 2.24) is 0 Å². The summed E-state index contributed by atoms with van der Waals surface area (Å²) in [7, 11) is 0. The van der Waals surface area contributed by atoms with E-state index in [-0.39, 0.29) is 12.2 Å². The molecule has 2 aromatic rings. The van der Waals surface area contributed by atoms with Crippen LogP contribution in [0.4, 0.5) is 13.2 Å². The first kappa shape index (κ1) is 16.2. The van der Waals surface area contributed by atoms with E-state index in [9.17, 15) is 18.0 Å². The molecule has 0 fully saturated rings. The molecule has 0 aromatic heterocycles. The van der Waals surface area contributed by atoms with Crippen molar-refractivity contribution in [3.05, 3.63) is 53.1 Å². The molecule has 0 atom stereocenters. The number of carboxylic acid groups (broad SMARTS) is 1. The zero-order chi connectivity index (χ0) is 16.3.